The minimum Gasteiger partial charge on any atom is -0.378 e. The lowest BCUT2D eigenvalue weighted by molar-refractivity contribution is -0.826. The van der Waals surface area contributed by atoms with Crippen LogP contribution in [-0.2, 0) is 4.74 Å². The van der Waals surface area contributed by atoms with Crippen LogP contribution < -0.4 is 26.2 Å². The molecule has 2 aromatic carbocycles. The van der Waals surface area contributed by atoms with Crippen LogP contribution in [0, 0.1) is 0 Å². The Hall–Kier alpha value is -4.29. The van der Waals surface area contributed by atoms with Crippen LogP contribution in [0.15, 0.2) is 54.6 Å². The maximum absolute atomic E-state index is 12.4. The number of para-hydroxylation sites is 1. The van der Waals surface area contributed by atoms with E-state index in [4.69, 9.17) is 25.4 Å². The van der Waals surface area contributed by atoms with Crippen LogP contribution in [0.3, 0.4) is 0 Å². The molecular weight excluding hydrogens is 498 g/mol. The number of rotatable bonds is 5. The number of likely N-dealkylation sites (N-methyl/N-ethyl adjacent to an activating group) is 1. The second-order valence-electron chi connectivity index (χ2n) is 9.90. The van der Waals surface area contributed by atoms with E-state index in [0.717, 1.165) is 12.0 Å². The summed E-state index contributed by atoms with van der Waals surface area (Å²) in [5.74, 6) is 1.71. The number of hydrogen-bond acceptors (Lipinski definition) is 8. The topological polar surface area (TPSA) is 139 Å². The summed E-state index contributed by atoms with van der Waals surface area (Å²) in [5, 5.41) is 5.65. The first-order valence-corrected chi connectivity index (χ1v) is 13.1. The van der Waals surface area contributed by atoms with Gasteiger partial charge in [0.2, 0.25) is 11.9 Å². The fraction of sp³-hybridized carbons (Fsp3) is 0.370. The fourth-order valence-corrected chi connectivity index (χ4v) is 4.64. The summed E-state index contributed by atoms with van der Waals surface area (Å²) in [6.07, 6.45) is 0.790. The van der Waals surface area contributed by atoms with Gasteiger partial charge in [0.05, 0.1) is 33.4 Å². The highest BCUT2D eigenvalue weighted by Crippen LogP contribution is 2.25. The molecule has 1 aromatic heterocycles. The van der Waals surface area contributed by atoms with E-state index in [1.165, 1.54) is 0 Å². The molecule has 4 N–H and O–H groups in total. The number of carbonyl (C=O) groups excluding carboxylic acids is 2. The Morgan fingerprint density at radius 2 is 1.44 bits per heavy atom. The number of primary amides is 1. The first kappa shape index (κ1) is 26.3. The van der Waals surface area contributed by atoms with Gasteiger partial charge < -0.3 is 30.9 Å². The molecule has 2 aliphatic heterocycles. The Morgan fingerprint density at radius 3 is 2.08 bits per heavy atom. The SMILES string of the molecule is C[N+]1(C(N)=O)CCCN(c2nc(-c3ccc(NC(=O)Nc4ccccc4)cc3)nc(N3CCOCC3)n2)CC1. The summed E-state index contributed by atoms with van der Waals surface area (Å²) >= 11 is 0. The van der Waals surface area contributed by atoms with Crippen molar-refractivity contribution in [1.29, 1.82) is 0 Å². The van der Waals surface area contributed by atoms with Gasteiger partial charge in [-0.3, -0.25) is 0 Å². The van der Waals surface area contributed by atoms with E-state index in [2.05, 4.69) is 20.4 Å². The zero-order valence-electron chi connectivity index (χ0n) is 22.0. The standard InChI is InChI=1S/C27H33N9O3/c1-36(24(28)37)16-5-12-34(13-17-36)25-31-23(32-26(33-25)35-14-18-39-19-15-35)20-8-10-22(11-9-20)30-27(38)29-21-6-3-2-4-7-21/h2-4,6-11H,5,12-19H2,1H3,(H3-,28,29,30,31,32,33,37,38)/p+1. The number of aromatic nitrogens is 3. The van der Waals surface area contributed by atoms with Crippen LogP contribution in [0.5, 0.6) is 0 Å². The van der Waals surface area contributed by atoms with E-state index >= 15 is 0 Å². The molecule has 0 aliphatic carbocycles. The zero-order valence-corrected chi connectivity index (χ0v) is 22.0. The van der Waals surface area contributed by atoms with E-state index in [1.807, 2.05) is 61.6 Å². The molecule has 12 nitrogen and oxygen atoms in total. The van der Waals surface area contributed by atoms with Gasteiger partial charge in [-0.1, -0.05) is 18.2 Å². The monoisotopic (exact) mass is 532 g/mol. The Balaban J connectivity index is 1.37. The summed E-state index contributed by atoms with van der Waals surface area (Å²) in [5.41, 5.74) is 7.84. The van der Waals surface area contributed by atoms with Crippen molar-refractivity contribution in [2.75, 3.05) is 80.0 Å². The van der Waals surface area contributed by atoms with Gasteiger partial charge in [0.15, 0.2) is 5.82 Å². The molecule has 5 rings (SSSR count). The number of morpholine rings is 1. The van der Waals surface area contributed by atoms with Crippen molar-refractivity contribution >= 4 is 35.3 Å². The first-order valence-electron chi connectivity index (χ1n) is 13.1. The smallest absolute Gasteiger partial charge is 0.378 e. The molecule has 0 spiro atoms. The maximum atomic E-state index is 12.4. The number of anilines is 4. The van der Waals surface area contributed by atoms with Gasteiger partial charge in [0, 0.05) is 43.0 Å². The molecular formula is C27H34N9O3+. The van der Waals surface area contributed by atoms with Crippen LogP contribution >= 0.6 is 0 Å². The third-order valence-corrected chi connectivity index (χ3v) is 7.10. The largest absolute Gasteiger partial charge is 0.413 e. The number of ether oxygens (including phenoxy) is 1. The number of carbonyl (C=O) groups is 2. The molecule has 2 saturated heterocycles. The molecule has 3 aromatic rings. The molecule has 1 unspecified atom stereocenters. The van der Waals surface area contributed by atoms with Gasteiger partial charge in [0.25, 0.3) is 0 Å². The van der Waals surface area contributed by atoms with Gasteiger partial charge in [0.1, 0.15) is 6.54 Å². The van der Waals surface area contributed by atoms with Gasteiger partial charge in [-0.25, -0.2) is 14.1 Å². The van der Waals surface area contributed by atoms with Gasteiger partial charge in [-0.05, 0) is 36.4 Å². The highest BCUT2D eigenvalue weighted by atomic mass is 16.5. The van der Waals surface area contributed by atoms with Gasteiger partial charge in [-0.2, -0.15) is 15.0 Å². The predicted molar refractivity (Wildman–Crippen MR) is 150 cm³/mol. The first-order chi connectivity index (χ1) is 18.9. The number of benzene rings is 2. The van der Waals surface area contributed by atoms with Crippen molar-refractivity contribution in [3.63, 3.8) is 0 Å². The number of hydrogen-bond donors (Lipinski definition) is 3. The fourth-order valence-electron chi connectivity index (χ4n) is 4.64. The second-order valence-corrected chi connectivity index (χ2v) is 9.90. The van der Waals surface area contributed by atoms with Crippen molar-refractivity contribution in [1.82, 2.24) is 15.0 Å². The Labute approximate surface area is 227 Å². The van der Waals surface area contributed by atoms with Crippen molar-refractivity contribution in [2.24, 2.45) is 5.73 Å². The normalized spacial score (nSPS) is 19.7. The summed E-state index contributed by atoms with van der Waals surface area (Å²) in [7, 11) is 1.87. The number of quaternary nitrogens is 1. The zero-order chi connectivity index (χ0) is 27.2. The average molecular weight is 533 g/mol. The van der Waals surface area contributed by atoms with Crippen molar-refractivity contribution in [2.45, 2.75) is 6.42 Å². The molecule has 1 atom stereocenters. The van der Waals surface area contributed by atoms with E-state index in [9.17, 15) is 9.59 Å². The van der Waals surface area contributed by atoms with E-state index < -0.39 is 0 Å². The Kier molecular flexibility index (Phi) is 7.84. The molecule has 0 bridgehead atoms. The van der Waals surface area contributed by atoms with Crippen LogP contribution in [0.25, 0.3) is 11.4 Å². The lowest BCUT2D eigenvalue weighted by Gasteiger charge is -2.29. The minimum atomic E-state index is -0.326. The quantitative estimate of drug-likeness (QED) is 0.427. The molecule has 0 saturated carbocycles. The minimum absolute atomic E-state index is 0.192. The number of urea groups is 2. The molecule has 39 heavy (non-hydrogen) atoms. The molecule has 3 heterocycles. The summed E-state index contributed by atoms with van der Waals surface area (Å²) in [4.78, 5) is 43.1. The highest BCUT2D eigenvalue weighted by Gasteiger charge is 2.33. The number of nitrogens with zero attached hydrogens (tertiary/aromatic N) is 6. The lowest BCUT2D eigenvalue weighted by Crippen LogP contribution is -2.54. The Bertz CT molecular complexity index is 1300. The third kappa shape index (κ3) is 6.41. The van der Waals surface area contributed by atoms with Crippen molar-refractivity contribution in [3.8, 4) is 11.4 Å². The summed E-state index contributed by atoms with van der Waals surface area (Å²) in [6, 6.07) is 16.0. The average Bonchev–Trinajstić information content (AvgIpc) is 3.17. The van der Waals surface area contributed by atoms with Gasteiger partial charge >= 0.3 is 12.1 Å². The van der Waals surface area contributed by atoms with Crippen LogP contribution in [0.4, 0.5) is 32.9 Å². The molecule has 0 radical (unpaired) electrons. The van der Waals surface area contributed by atoms with E-state index in [1.54, 1.807) is 0 Å². The number of nitrogens with one attached hydrogen (secondary N) is 2. The third-order valence-electron chi connectivity index (χ3n) is 7.10. The molecule has 4 amide bonds. The molecule has 204 valence electrons. The molecule has 12 heteroatoms. The van der Waals surface area contributed by atoms with Gasteiger partial charge in [-0.15, -0.1) is 0 Å². The molecule has 2 aliphatic rings. The second kappa shape index (κ2) is 11.6. The van der Waals surface area contributed by atoms with Crippen LogP contribution in [-0.4, -0.2) is 91.0 Å². The number of amides is 4. The highest BCUT2D eigenvalue weighted by molar-refractivity contribution is 5.99. The van der Waals surface area contributed by atoms with Crippen LogP contribution in [0.2, 0.25) is 0 Å². The van der Waals surface area contributed by atoms with Crippen LogP contribution in [0.1, 0.15) is 6.42 Å². The predicted octanol–water partition coefficient (Wildman–Crippen LogP) is 2.75. The van der Waals surface area contributed by atoms with Crippen molar-refractivity contribution in [3.05, 3.63) is 54.6 Å². The van der Waals surface area contributed by atoms with E-state index in [0.29, 0.717) is 81.6 Å². The Morgan fingerprint density at radius 1 is 0.821 bits per heavy atom. The van der Waals surface area contributed by atoms with Crippen molar-refractivity contribution < 1.29 is 18.8 Å². The maximum Gasteiger partial charge on any atom is 0.413 e. The summed E-state index contributed by atoms with van der Waals surface area (Å²) in [6.45, 7) is 5.18. The molecule has 2 fully saturated rings. The number of nitrogens with two attached hydrogens (primary N) is 1. The summed E-state index contributed by atoms with van der Waals surface area (Å²) < 4.78 is 5.71. The van der Waals surface area contributed by atoms with E-state index in [-0.39, 0.29) is 16.5 Å². The lowest BCUT2D eigenvalue weighted by atomic mass is 10.2.